The van der Waals surface area contributed by atoms with Crippen LogP contribution < -0.4 is 4.74 Å². The molecule has 2 heterocycles. The Morgan fingerprint density at radius 3 is 2.74 bits per heavy atom. The van der Waals surface area contributed by atoms with Gasteiger partial charge in [0.25, 0.3) is 0 Å². The summed E-state index contributed by atoms with van der Waals surface area (Å²) in [6.07, 6.45) is 12.2. The van der Waals surface area contributed by atoms with Crippen molar-refractivity contribution in [3.8, 4) is 18.1 Å². The minimum absolute atomic E-state index is 0.245. The normalized spacial score (nSPS) is 27.7. The first-order valence-corrected chi connectivity index (χ1v) is 9.70. The molecule has 1 N–H and O–H groups in total. The van der Waals surface area contributed by atoms with Gasteiger partial charge in [-0.25, -0.2) is 0 Å². The molecule has 4 rings (SSSR count). The smallest absolute Gasteiger partial charge is 0.148 e. The van der Waals surface area contributed by atoms with E-state index in [9.17, 15) is 5.11 Å². The van der Waals surface area contributed by atoms with E-state index in [-0.39, 0.29) is 18.4 Å². The molecule has 27 heavy (non-hydrogen) atoms. The topological polar surface area (TPSA) is 45.6 Å². The molecule has 2 fully saturated rings. The number of ether oxygens (including phenoxy) is 1. The second-order valence-electron chi connectivity index (χ2n) is 7.73. The maximum Gasteiger partial charge on any atom is 0.148 e. The van der Waals surface area contributed by atoms with E-state index >= 15 is 0 Å². The van der Waals surface area contributed by atoms with Gasteiger partial charge in [0.1, 0.15) is 12.4 Å². The molecular weight excluding hydrogens is 336 g/mol. The van der Waals surface area contributed by atoms with Crippen LogP contribution in [0.3, 0.4) is 0 Å². The lowest BCUT2D eigenvalue weighted by Crippen LogP contribution is -2.57. The molecule has 1 saturated carbocycles. The number of pyridine rings is 1. The van der Waals surface area contributed by atoms with Gasteiger partial charge < -0.3 is 9.84 Å². The molecule has 2 unspecified atom stereocenters. The number of aliphatic hydroxyl groups is 1. The highest BCUT2D eigenvalue weighted by molar-refractivity contribution is 5.29. The molecule has 1 aromatic heterocycles. The van der Waals surface area contributed by atoms with Crippen LogP contribution in [0.5, 0.6) is 5.75 Å². The minimum atomic E-state index is -0.749. The summed E-state index contributed by atoms with van der Waals surface area (Å²) in [4.78, 5) is 6.72. The predicted molar refractivity (Wildman–Crippen MR) is 105 cm³/mol. The molecule has 1 aromatic carbocycles. The van der Waals surface area contributed by atoms with Crippen LogP contribution >= 0.6 is 0 Å². The molecule has 2 aromatic rings. The van der Waals surface area contributed by atoms with Gasteiger partial charge in [0, 0.05) is 49.4 Å². The number of terminal acetylenes is 1. The van der Waals surface area contributed by atoms with Crippen LogP contribution in [0.4, 0.5) is 0 Å². The predicted octanol–water partition coefficient (Wildman–Crippen LogP) is 3.21. The third kappa shape index (κ3) is 3.58. The van der Waals surface area contributed by atoms with Gasteiger partial charge >= 0.3 is 0 Å². The number of fused-ring (bicyclic) bond motifs is 2. The molecule has 0 spiro atoms. The van der Waals surface area contributed by atoms with Crippen molar-refractivity contribution in [3.63, 3.8) is 0 Å². The largest absolute Gasteiger partial charge is 0.481 e. The molecule has 140 valence electrons. The average Bonchev–Trinajstić information content (AvgIpc) is 2.68. The standard InChI is InChI=1S/C23H26N2O2/c1-2-12-27-22-10-3-6-18(13-22)15-25-16-20-7-4-8-21(17-25)23(20,26)19-9-5-11-24-14-19/h1,3,5-6,9-11,13-14,20-21,26H,4,7-8,12,15-17H2. The van der Waals surface area contributed by atoms with Gasteiger partial charge in [0.15, 0.2) is 0 Å². The van der Waals surface area contributed by atoms with Crippen LogP contribution in [0.15, 0.2) is 48.8 Å². The summed E-state index contributed by atoms with van der Waals surface area (Å²) in [5.74, 6) is 3.81. The van der Waals surface area contributed by atoms with Crippen molar-refractivity contribution in [2.24, 2.45) is 11.8 Å². The fraction of sp³-hybridized carbons (Fsp3) is 0.435. The lowest BCUT2D eigenvalue weighted by Gasteiger charge is -2.53. The first-order chi connectivity index (χ1) is 13.2. The Morgan fingerprint density at radius 2 is 2.04 bits per heavy atom. The highest BCUT2D eigenvalue weighted by Gasteiger charge is 2.51. The van der Waals surface area contributed by atoms with E-state index < -0.39 is 5.60 Å². The van der Waals surface area contributed by atoms with E-state index in [1.54, 1.807) is 6.20 Å². The quantitative estimate of drug-likeness (QED) is 0.830. The van der Waals surface area contributed by atoms with Gasteiger partial charge in [-0.3, -0.25) is 9.88 Å². The Bertz CT molecular complexity index is 801. The van der Waals surface area contributed by atoms with E-state index in [4.69, 9.17) is 11.2 Å². The average molecular weight is 362 g/mol. The summed E-state index contributed by atoms with van der Waals surface area (Å²) in [7, 11) is 0. The SMILES string of the molecule is C#CCOc1cccc(CN2CC3CCCC(C2)C3(O)c2cccnc2)c1. The van der Waals surface area contributed by atoms with Crippen molar-refractivity contribution < 1.29 is 9.84 Å². The Morgan fingerprint density at radius 1 is 1.22 bits per heavy atom. The Balaban J connectivity index is 1.50. The van der Waals surface area contributed by atoms with Crippen molar-refractivity contribution in [2.45, 2.75) is 31.4 Å². The first-order valence-electron chi connectivity index (χ1n) is 9.70. The fourth-order valence-electron chi connectivity index (χ4n) is 4.86. The van der Waals surface area contributed by atoms with E-state index in [2.05, 4.69) is 27.9 Å². The maximum absolute atomic E-state index is 11.6. The third-order valence-corrected chi connectivity index (χ3v) is 6.06. The van der Waals surface area contributed by atoms with E-state index in [1.807, 2.05) is 30.5 Å². The molecular formula is C23H26N2O2. The van der Waals surface area contributed by atoms with Crippen molar-refractivity contribution in [2.75, 3.05) is 19.7 Å². The molecule has 0 radical (unpaired) electrons. The second-order valence-corrected chi connectivity index (χ2v) is 7.73. The van der Waals surface area contributed by atoms with Crippen LogP contribution in [0.25, 0.3) is 0 Å². The number of piperidine rings is 1. The van der Waals surface area contributed by atoms with Gasteiger partial charge in [-0.15, -0.1) is 6.42 Å². The number of hydrogen-bond acceptors (Lipinski definition) is 4. The molecule has 0 amide bonds. The fourth-order valence-corrected chi connectivity index (χ4v) is 4.86. The molecule has 1 aliphatic heterocycles. The number of rotatable bonds is 5. The van der Waals surface area contributed by atoms with Crippen molar-refractivity contribution in [1.29, 1.82) is 0 Å². The van der Waals surface area contributed by atoms with Crippen molar-refractivity contribution in [3.05, 3.63) is 59.9 Å². The van der Waals surface area contributed by atoms with Gasteiger partial charge in [-0.2, -0.15) is 0 Å². The lowest BCUT2D eigenvalue weighted by molar-refractivity contribution is -0.148. The number of hydrogen-bond donors (Lipinski definition) is 1. The molecule has 2 atom stereocenters. The third-order valence-electron chi connectivity index (χ3n) is 6.06. The molecule has 2 bridgehead atoms. The molecule has 1 aliphatic carbocycles. The highest BCUT2D eigenvalue weighted by atomic mass is 16.5. The molecule has 1 saturated heterocycles. The summed E-state index contributed by atoms with van der Waals surface area (Å²) in [6.45, 7) is 2.95. The zero-order valence-corrected chi connectivity index (χ0v) is 15.6. The van der Waals surface area contributed by atoms with E-state index in [0.29, 0.717) is 0 Å². The number of likely N-dealkylation sites (tertiary alicyclic amines) is 1. The van der Waals surface area contributed by atoms with Crippen LogP contribution in [0.2, 0.25) is 0 Å². The Hall–Kier alpha value is -2.35. The Kier molecular flexibility index (Phi) is 5.15. The van der Waals surface area contributed by atoms with Crippen LogP contribution in [-0.2, 0) is 12.1 Å². The van der Waals surface area contributed by atoms with Crippen molar-refractivity contribution >= 4 is 0 Å². The summed E-state index contributed by atoms with van der Waals surface area (Å²) < 4.78 is 5.55. The summed E-state index contributed by atoms with van der Waals surface area (Å²) >= 11 is 0. The number of aromatic nitrogens is 1. The minimum Gasteiger partial charge on any atom is -0.481 e. The molecule has 4 heteroatoms. The summed E-state index contributed by atoms with van der Waals surface area (Å²) in [5.41, 5.74) is 1.44. The van der Waals surface area contributed by atoms with Gasteiger partial charge in [0.05, 0.1) is 5.60 Å². The van der Waals surface area contributed by atoms with Gasteiger partial charge in [-0.1, -0.05) is 30.5 Å². The highest BCUT2D eigenvalue weighted by Crippen LogP contribution is 2.49. The first kappa shape index (κ1) is 18.0. The maximum atomic E-state index is 11.6. The zero-order chi connectivity index (χ0) is 18.7. The van der Waals surface area contributed by atoms with Gasteiger partial charge in [0.2, 0.25) is 0 Å². The van der Waals surface area contributed by atoms with Crippen LogP contribution in [0, 0.1) is 24.2 Å². The summed E-state index contributed by atoms with van der Waals surface area (Å²) in [6, 6.07) is 12.1. The lowest BCUT2D eigenvalue weighted by atomic mass is 9.63. The molecule has 2 aliphatic rings. The summed E-state index contributed by atoms with van der Waals surface area (Å²) in [5, 5.41) is 11.6. The van der Waals surface area contributed by atoms with Crippen LogP contribution in [0.1, 0.15) is 30.4 Å². The van der Waals surface area contributed by atoms with E-state index in [1.165, 1.54) is 12.0 Å². The number of nitrogens with zero attached hydrogens (tertiary/aromatic N) is 2. The van der Waals surface area contributed by atoms with E-state index in [0.717, 1.165) is 43.8 Å². The Labute approximate surface area is 161 Å². The number of benzene rings is 1. The zero-order valence-electron chi connectivity index (χ0n) is 15.6. The van der Waals surface area contributed by atoms with Crippen molar-refractivity contribution in [1.82, 2.24) is 9.88 Å². The van der Waals surface area contributed by atoms with Gasteiger partial charge in [-0.05, 0) is 36.6 Å². The second kappa shape index (κ2) is 7.72. The molecule has 4 nitrogen and oxygen atoms in total. The van der Waals surface area contributed by atoms with Crippen LogP contribution in [-0.4, -0.2) is 34.7 Å². The monoisotopic (exact) mass is 362 g/mol.